The maximum Gasteiger partial charge on any atom is 0.261 e. The average molecular weight is 455 g/mol. The Balaban J connectivity index is 1.71. The Morgan fingerprint density at radius 3 is 2.22 bits per heavy atom. The smallest absolute Gasteiger partial charge is 0.261 e. The number of hydrogen-bond acceptors (Lipinski definition) is 4. The Labute approximate surface area is 186 Å². The number of amides is 1. The van der Waals surface area contributed by atoms with Gasteiger partial charge in [0, 0.05) is 18.8 Å². The fraction of sp³-hybridized carbons (Fsp3) is 0.208. The first-order valence-electron chi connectivity index (χ1n) is 10.2. The number of rotatable bonds is 6. The summed E-state index contributed by atoms with van der Waals surface area (Å²) >= 11 is 0. The first-order valence-corrected chi connectivity index (χ1v) is 11.7. The van der Waals surface area contributed by atoms with Crippen molar-refractivity contribution in [2.45, 2.75) is 11.4 Å². The van der Waals surface area contributed by atoms with Gasteiger partial charge < -0.3 is 9.64 Å². The van der Waals surface area contributed by atoms with Crippen LogP contribution in [0.15, 0.2) is 83.8 Å². The first kappa shape index (κ1) is 22.1. The minimum atomic E-state index is -3.87. The van der Waals surface area contributed by atoms with E-state index in [-0.39, 0.29) is 30.1 Å². The van der Waals surface area contributed by atoms with Crippen LogP contribution in [0.1, 0.15) is 15.9 Å². The van der Waals surface area contributed by atoms with Crippen LogP contribution < -0.4 is 4.90 Å². The normalized spacial score (nSPS) is 14.8. The van der Waals surface area contributed by atoms with Gasteiger partial charge in [-0.3, -0.25) is 4.79 Å². The minimum Gasteiger partial charge on any atom is -0.379 e. The Bertz CT molecular complexity index is 1180. The summed E-state index contributed by atoms with van der Waals surface area (Å²) < 4.78 is 47.4. The van der Waals surface area contributed by atoms with Crippen molar-refractivity contribution in [3.05, 3.63) is 95.8 Å². The van der Waals surface area contributed by atoms with Crippen molar-refractivity contribution in [1.29, 1.82) is 0 Å². The zero-order valence-corrected chi connectivity index (χ0v) is 18.2. The van der Waals surface area contributed by atoms with E-state index in [1.165, 1.54) is 15.3 Å². The molecule has 1 saturated heterocycles. The number of nitrogens with zero attached hydrogens (tertiary/aromatic N) is 2. The SMILES string of the molecule is O=C(c1cc(S(=O)(=O)N2CCOCC2)ccc1F)N(Cc1ccccc1)c1ccccc1. The molecule has 3 aromatic rings. The van der Waals surface area contributed by atoms with Crippen LogP contribution in [0.2, 0.25) is 0 Å². The van der Waals surface area contributed by atoms with Crippen LogP contribution in [0, 0.1) is 5.82 Å². The Morgan fingerprint density at radius 2 is 1.56 bits per heavy atom. The molecule has 0 saturated carbocycles. The largest absolute Gasteiger partial charge is 0.379 e. The van der Waals surface area contributed by atoms with Crippen molar-refractivity contribution >= 4 is 21.6 Å². The molecular weight excluding hydrogens is 431 g/mol. The number of sulfonamides is 1. The third-order valence-corrected chi connectivity index (χ3v) is 7.17. The van der Waals surface area contributed by atoms with Gasteiger partial charge in [0.15, 0.2) is 0 Å². The molecule has 8 heteroatoms. The van der Waals surface area contributed by atoms with Gasteiger partial charge in [0.1, 0.15) is 5.82 Å². The van der Waals surface area contributed by atoms with Gasteiger partial charge in [0.2, 0.25) is 10.0 Å². The van der Waals surface area contributed by atoms with Crippen molar-refractivity contribution in [2.75, 3.05) is 31.2 Å². The molecule has 0 aromatic heterocycles. The molecule has 0 N–H and O–H groups in total. The van der Waals surface area contributed by atoms with E-state index in [2.05, 4.69) is 0 Å². The summed E-state index contributed by atoms with van der Waals surface area (Å²) in [7, 11) is -3.87. The molecule has 1 aliphatic rings. The number of morpholine rings is 1. The van der Waals surface area contributed by atoms with Gasteiger partial charge in [-0.2, -0.15) is 4.31 Å². The molecule has 1 heterocycles. The van der Waals surface area contributed by atoms with Gasteiger partial charge in [-0.25, -0.2) is 12.8 Å². The second-order valence-corrected chi connectivity index (χ2v) is 9.31. The zero-order chi connectivity index (χ0) is 22.6. The number of benzene rings is 3. The second kappa shape index (κ2) is 9.60. The molecular formula is C24H23FN2O4S. The summed E-state index contributed by atoms with van der Waals surface area (Å²) in [5.74, 6) is -1.39. The molecule has 1 aliphatic heterocycles. The zero-order valence-electron chi connectivity index (χ0n) is 17.4. The lowest BCUT2D eigenvalue weighted by molar-refractivity contribution is 0.0730. The second-order valence-electron chi connectivity index (χ2n) is 7.37. The van der Waals surface area contributed by atoms with E-state index in [1.807, 2.05) is 36.4 Å². The van der Waals surface area contributed by atoms with E-state index in [0.717, 1.165) is 17.7 Å². The average Bonchev–Trinajstić information content (AvgIpc) is 2.84. The topological polar surface area (TPSA) is 66.9 Å². The van der Waals surface area contributed by atoms with Gasteiger partial charge in [-0.1, -0.05) is 48.5 Å². The number of halogens is 1. The van der Waals surface area contributed by atoms with Crippen molar-refractivity contribution in [1.82, 2.24) is 4.31 Å². The maximum atomic E-state index is 14.8. The summed E-state index contributed by atoms with van der Waals surface area (Å²) in [6, 6.07) is 21.6. The monoisotopic (exact) mass is 454 g/mol. The van der Waals surface area contributed by atoms with E-state index in [9.17, 15) is 17.6 Å². The molecule has 0 radical (unpaired) electrons. The standard InChI is InChI=1S/C24H23FN2O4S/c25-23-12-11-21(32(29,30)26-13-15-31-16-14-26)17-22(23)24(28)27(20-9-5-2-6-10-20)18-19-7-3-1-4-8-19/h1-12,17H,13-16,18H2. The van der Waals surface area contributed by atoms with E-state index < -0.39 is 21.7 Å². The lowest BCUT2D eigenvalue weighted by atomic mass is 10.1. The van der Waals surface area contributed by atoms with Crippen LogP contribution in [0.25, 0.3) is 0 Å². The van der Waals surface area contributed by atoms with Crippen molar-refractivity contribution < 1.29 is 22.3 Å². The fourth-order valence-electron chi connectivity index (χ4n) is 3.56. The van der Waals surface area contributed by atoms with Crippen LogP contribution in [0.5, 0.6) is 0 Å². The molecule has 0 unspecified atom stereocenters. The summed E-state index contributed by atoms with van der Waals surface area (Å²) in [5.41, 5.74) is 1.16. The lowest BCUT2D eigenvalue weighted by Crippen LogP contribution is -2.40. The van der Waals surface area contributed by atoms with Gasteiger partial charge in [-0.05, 0) is 35.9 Å². The number of para-hydroxylation sites is 1. The molecule has 0 aliphatic carbocycles. The molecule has 0 bridgehead atoms. The van der Waals surface area contributed by atoms with Crippen LogP contribution in [-0.2, 0) is 21.3 Å². The Morgan fingerprint density at radius 1 is 0.938 bits per heavy atom. The van der Waals surface area contributed by atoms with E-state index >= 15 is 0 Å². The van der Waals surface area contributed by atoms with E-state index in [4.69, 9.17) is 4.74 Å². The lowest BCUT2D eigenvalue weighted by Gasteiger charge is -2.27. The maximum absolute atomic E-state index is 14.8. The highest BCUT2D eigenvalue weighted by Gasteiger charge is 2.29. The van der Waals surface area contributed by atoms with Crippen molar-refractivity contribution in [3.63, 3.8) is 0 Å². The first-order chi connectivity index (χ1) is 15.5. The number of hydrogen-bond donors (Lipinski definition) is 0. The van der Waals surface area contributed by atoms with Crippen LogP contribution >= 0.6 is 0 Å². The summed E-state index contributed by atoms with van der Waals surface area (Å²) in [4.78, 5) is 14.8. The molecule has 6 nitrogen and oxygen atoms in total. The van der Waals surface area contributed by atoms with Crippen LogP contribution in [0.4, 0.5) is 10.1 Å². The highest BCUT2D eigenvalue weighted by Crippen LogP contribution is 2.25. The third kappa shape index (κ3) is 4.72. The minimum absolute atomic E-state index is 0.114. The van der Waals surface area contributed by atoms with Gasteiger partial charge in [-0.15, -0.1) is 0 Å². The quantitative estimate of drug-likeness (QED) is 0.570. The molecule has 4 rings (SSSR count). The Kier molecular flexibility index (Phi) is 6.64. The highest BCUT2D eigenvalue weighted by molar-refractivity contribution is 7.89. The van der Waals surface area contributed by atoms with Crippen LogP contribution in [0.3, 0.4) is 0 Å². The van der Waals surface area contributed by atoms with E-state index in [1.54, 1.807) is 24.3 Å². The van der Waals surface area contributed by atoms with Gasteiger partial charge in [0.05, 0.1) is 30.2 Å². The molecule has 1 fully saturated rings. The summed E-state index contributed by atoms with van der Waals surface area (Å²) in [6.45, 7) is 1.24. The number of carbonyl (C=O) groups is 1. The fourth-order valence-corrected chi connectivity index (χ4v) is 5.00. The number of carbonyl (C=O) groups excluding carboxylic acids is 1. The predicted octanol–water partition coefficient (Wildman–Crippen LogP) is 3.69. The van der Waals surface area contributed by atoms with E-state index in [0.29, 0.717) is 18.9 Å². The molecule has 0 atom stereocenters. The molecule has 166 valence electrons. The number of anilines is 1. The van der Waals surface area contributed by atoms with Crippen LogP contribution in [-0.4, -0.2) is 44.9 Å². The molecule has 3 aromatic carbocycles. The summed E-state index contributed by atoms with van der Waals surface area (Å²) in [5, 5.41) is 0. The Hall–Kier alpha value is -3.07. The summed E-state index contributed by atoms with van der Waals surface area (Å²) in [6.07, 6.45) is 0. The predicted molar refractivity (Wildman–Crippen MR) is 119 cm³/mol. The molecule has 32 heavy (non-hydrogen) atoms. The molecule has 0 spiro atoms. The highest BCUT2D eigenvalue weighted by atomic mass is 32.2. The third-order valence-electron chi connectivity index (χ3n) is 5.27. The van der Waals surface area contributed by atoms with Crippen molar-refractivity contribution in [2.24, 2.45) is 0 Å². The van der Waals surface area contributed by atoms with Gasteiger partial charge >= 0.3 is 0 Å². The van der Waals surface area contributed by atoms with Gasteiger partial charge in [0.25, 0.3) is 5.91 Å². The van der Waals surface area contributed by atoms with Crippen molar-refractivity contribution in [3.8, 4) is 0 Å². The number of ether oxygens (including phenoxy) is 1. The molecule has 1 amide bonds.